The van der Waals surface area contributed by atoms with Crippen LogP contribution in [0.25, 0.3) is 0 Å². The third-order valence-corrected chi connectivity index (χ3v) is 4.93. The van der Waals surface area contributed by atoms with Crippen LogP contribution in [-0.4, -0.2) is 54.6 Å². The van der Waals surface area contributed by atoms with E-state index in [0.717, 1.165) is 12.1 Å². The summed E-state index contributed by atoms with van der Waals surface area (Å²) in [5, 5.41) is 0. The van der Waals surface area contributed by atoms with Crippen LogP contribution in [0.1, 0.15) is 5.56 Å². The summed E-state index contributed by atoms with van der Waals surface area (Å²) < 4.78 is 24.6. The Morgan fingerprint density at radius 3 is 2.50 bits per heavy atom. The molecule has 1 aromatic rings. The van der Waals surface area contributed by atoms with Gasteiger partial charge in [-0.1, -0.05) is 0 Å². The molecule has 2 aliphatic heterocycles. The van der Waals surface area contributed by atoms with Crippen molar-refractivity contribution in [1.82, 2.24) is 14.3 Å². The topological polar surface area (TPSA) is 66.4 Å². The number of sulfonamides is 1. The summed E-state index contributed by atoms with van der Waals surface area (Å²) in [6.45, 7) is 3.98. The molecule has 0 spiro atoms. The molecule has 2 fully saturated rings. The lowest BCUT2D eigenvalue weighted by atomic mass is 9.93. The zero-order valence-corrected chi connectivity index (χ0v) is 11.3. The molecule has 0 amide bonds. The molecule has 0 aromatic carbocycles. The lowest BCUT2D eigenvalue weighted by Gasteiger charge is -2.43. The normalized spacial score (nSPS) is 28.0. The van der Waals surface area contributed by atoms with E-state index in [-0.39, 0.29) is 6.04 Å². The standard InChI is InChI=1S/C11H16N4O2S/c1-8-3-12-11(13-4-8)15-6-9-5-14(7-10(9)15)18(2,16)17/h3-4,9-10H,5-7H2,1-2H3/t9-,10-/m0/s1. The van der Waals surface area contributed by atoms with Crippen molar-refractivity contribution in [3.63, 3.8) is 0 Å². The Morgan fingerprint density at radius 1 is 1.22 bits per heavy atom. The van der Waals surface area contributed by atoms with E-state index >= 15 is 0 Å². The van der Waals surface area contributed by atoms with Gasteiger partial charge in [0.2, 0.25) is 16.0 Å². The number of rotatable bonds is 2. The summed E-state index contributed by atoms with van der Waals surface area (Å²) in [7, 11) is -3.07. The molecule has 0 saturated carbocycles. The molecule has 2 saturated heterocycles. The largest absolute Gasteiger partial charge is 0.336 e. The van der Waals surface area contributed by atoms with Crippen LogP contribution in [0.4, 0.5) is 5.95 Å². The van der Waals surface area contributed by atoms with Gasteiger partial charge in [0.1, 0.15) is 0 Å². The van der Waals surface area contributed by atoms with Crippen molar-refractivity contribution in [2.24, 2.45) is 5.92 Å². The highest BCUT2D eigenvalue weighted by Crippen LogP contribution is 2.35. The fourth-order valence-electron chi connectivity index (χ4n) is 2.63. The van der Waals surface area contributed by atoms with E-state index in [9.17, 15) is 8.42 Å². The predicted octanol–water partition coefficient (Wildman–Crippen LogP) is -0.135. The second-order valence-electron chi connectivity index (χ2n) is 5.12. The maximum absolute atomic E-state index is 11.5. The number of anilines is 1. The van der Waals surface area contributed by atoms with Crippen molar-refractivity contribution in [1.29, 1.82) is 0 Å². The quantitative estimate of drug-likeness (QED) is 0.747. The number of nitrogens with zero attached hydrogens (tertiary/aromatic N) is 4. The van der Waals surface area contributed by atoms with Crippen LogP contribution in [0, 0.1) is 12.8 Å². The molecule has 7 heteroatoms. The second kappa shape index (κ2) is 3.89. The second-order valence-corrected chi connectivity index (χ2v) is 7.10. The van der Waals surface area contributed by atoms with Gasteiger partial charge in [0.05, 0.1) is 12.3 Å². The van der Waals surface area contributed by atoms with Crippen LogP contribution in [0.5, 0.6) is 0 Å². The molecule has 3 heterocycles. The first-order valence-electron chi connectivity index (χ1n) is 5.95. The van der Waals surface area contributed by atoms with Crippen molar-refractivity contribution in [2.75, 3.05) is 30.8 Å². The average Bonchev–Trinajstić information content (AvgIpc) is 2.59. The average molecular weight is 268 g/mol. The van der Waals surface area contributed by atoms with Gasteiger partial charge >= 0.3 is 0 Å². The third kappa shape index (κ3) is 1.87. The van der Waals surface area contributed by atoms with Gasteiger partial charge in [-0.15, -0.1) is 0 Å². The summed E-state index contributed by atoms with van der Waals surface area (Å²) in [6.07, 6.45) is 4.85. The Kier molecular flexibility index (Phi) is 2.56. The lowest BCUT2D eigenvalue weighted by molar-refractivity contribution is 0.358. The number of aromatic nitrogens is 2. The van der Waals surface area contributed by atoms with E-state index in [1.165, 1.54) is 6.26 Å². The Hall–Kier alpha value is -1.21. The van der Waals surface area contributed by atoms with Crippen molar-refractivity contribution in [3.8, 4) is 0 Å². The Balaban J connectivity index is 1.75. The van der Waals surface area contributed by atoms with E-state index in [0.29, 0.717) is 25.0 Å². The molecule has 0 unspecified atom stereocenters. The number of hydrogen-bond acceptors (Lipinski definition) is 5. The number of fused-ring (bicyclic) bond motifs is 1. The molecule has 2 aliphatic rings. The summed E-state index contributed by atoms with van der Waals surface area (Å²) in [6, 6.07) is 0.238. The minimum atomic E-state index is -3.07. The molecule has 0 radical (unpaired) electrons. The van der Waals surface area contributed by atoms with Crippen LogP contribution in [0.3, 0.4) is 0 Å². The van der Waals surface area contributed by atoms with Gasteiger partial charge in [0.25, 0.3) is 0 Å². The summed E-state index contributed by atoms with van der Waals surface area (Å²) in [5.74, 6) is 1.13. The fourth-order valence-corrected chi connectivity index (χ4v) is 3.52. The molecule has 3 rings (SSSR count). The monoisotopic (exact) mass is 268 g/mol. The summed E-state index contributed by atoms with van der Waals surface area (Å²) in [5.41, 5.74) is 1.03. The predicted molar refractivity (Wildman–Crippen MR) is 67.8 cm³/mol. The zero-order valence-electron chi connectivity index (χ0n) is 10.4. The summed E-state index contributed by atoms with van der Waals surface area (Å²) in [4.78, 5) is 10.7. The van der Waals surface area contributed by atoms with E-state index in [1.807, 2.05) is 6.92 Å². The van der Waals surface area contributed by atoms with Crippen LogP contribution < -0.4 is 4.90 Å². The molecule has 18 heavy (non-hydrogen) atoms. The van der Waals surface area contributed by atoms with E-state index in [4.69, 9.17) is 0 Å². The van der Waals surface area contributed by atoms with Crippen molar-refractivity contribution < 1.29 is 8.42 Å². The molecule has 2 atom stereocenters. The highest BCUT2D eigenvalue weighted by atomic mass is 32.2. The van der Waals surface area contributed by atoms with Crippen molar-refractivity contribution in [2.45, 2.75) is 13.0 Å². The van der Waals surface area contributed by atoms with Gasteiger partial charge in [-0.25, -0.2) is 18.4 Å². The number of hydrogen-bond donors (Lipinski definition) is 0. The first kappa shape index (κ1) is 11.9. The first-order chi connectivity index (χ1) is 8.45. The Labute approximate surface area is 107 Å². The van der Waals surface area contributed by atoms with E-state index < -0.39 is 10.0 Å². The summed E-state index contributed by atoms with van der Waals surface area (Å²) >= 11 is 0. The van der Waals surface area contributed by atoms with Crippen molar-refractivity contribution in [3.05, 3.63) is 18.0 Å². The zero-order chi connectivity index (χ0) is 12.9. The molecular formula is C11H16N4O2S. The highest BCUT2D eigenvalue weighted by Gasteiger charge is 2.48. The molecule has 1 aromatic heterocycles. The first-order valence-corrected chi connectivity index (χ1v) is 7.80. The molecule has 0 aliphatic carbocycles. The van der Waals surface area contributed by atoms with Gasteiger partial charge in [0, 0.05) is 37.9 Å². The molecule has 6 nitrogen and oxygen atoms in total. The smallest absolute Gasteiger partial charge is 0.225 e. The fraction of sp³-hybridized carbons (Fsp3) is 0.636. The molecular weight excluding hydrogens is 252 g/mol. The van der Waals surface area contributed by atoms with Gasteiger partial charge in [0.15, 0.2) is 0 Å². The van der Waals surface area contributed by atoms with E-state index in [1.54, 1.807) is 16.7 Å². The maximum atomic E-state index is 11.5. The Morgan fingerprint density at radius 2 is 1.89 bits per heavy atom. The molecule has 0 N–H and O–H groups in total. The van der Waals surface area contributed by atoms with Gasteiger partial charge in [-0.3, -0.25) is 0 Å². The highest BCUT2D eigenvalue weighted by molar-refractivity contribution is 7.88. The minimum Gasteiger partial charge on any atom is -0.336 e. The van der Waals surface area contributed by atoms with Crippen LogP contribution in [0.2, 0.25) is 0 Å². The van der Waals surface area contributed by atoms with Gasteiger partial charge in [-0.2, -0.15) is 4.31 Å². The SMILES string of the molecule is Cc1cnc(N2C[C@@H]3CN(S(C)(=O)=O)C[C@@H]32)nc1. The molecule has 98 valence electrons. The number of aryl methyl sites for hydroxylation is 1. The van der Waals surface area contributed by atoms with E-state index in [2.05, 4.69) is 14.9 Å². The van der Waals surface area contributed by atoms with Crippen LogP contribution >= 0.6 is 0 Å². The molecule has 0 bridgehead atoms. The maximum Gasteiger partial charge on any atom is 0.225 e. The Bertz CT molecular complexity index is 557. The van der Waals surface area contributed by atoms with Crippen molar-refractivity contribution >= 4 is 16.0 Å². The van der Waals surface area contributed by atoms with Crippen LogP contribution in [0.15, 0.2) is 12.4 Å². The van der Waals surface area contributed by atoms with Gasteiger partial charge < -0.3 is 4.90 Å². The minimum absolute atomic E-state index is 0.238. The lowest BCUT2D eigenvalue weighted by Crippen LogP contribution is -2.56. The van der Waals surface area contributed by atoms with Gasteiger partial charge in [-0.05, 0) is 12.5 Å². The third-order valence-electron chi connectivity index (χ3n) is 3.70. The van der Waals surface area contributed by atoms with Crippen LogP contribution in [-0.2, 0) is 10.0 Å².